The molecule has 0 saturated carbocycles. The Hall–Kier alpha value is -1.07. The van der Waals surface area contributed by atoms with E-state index in [9.17, 15) is 30.3 Å². The first kappa shape index (κ1) is 48.0. The molecule has 1 aliphatic rings. The van der Waals surface area contributed by atoms with Gasteiger partial charge >= 0.3 is 0 Å². The third kappa shape index (κ3) is 24.8. The molecule has 0 aromatic carbocycles. The van der Waals surface area contributed by atoms with Crippen LogP contribution in [0.15, 0.2) is 12.2 Å². The van der Waals surface area contributed by atoms with Gasteiger partial charge in [0.15, 0.2) is 6.29 Å². The highest BCUT2D eigenvalue weighted by atomic mass is 16.7. The van der Waals surface area contributed by atoms with Crippen molar-refractivity contribution in [3.8, 4) is 0 Å². The average Bonchev–Trinajstić information content (AvgIpc) is 3.13. The summed E-state index contributed by atoms with van der Waals surface area (Å²) in [4.78, 5) is 12.9. The van der Waals surface area contributed by atoms with E-state index in [-0.39, 0.29) is 12.5 Å². The number of hydrogen-bond donors (Lipinski definition) is 6. The summed E-state index contributed by atoms with van der Waals surface area (Å²) in [6, 6.07) is -0.796. The molecule has 1 aliphatic heterocycles. The Morgan fingerprint density at radius 1 is 0.647 bits per heavy atom. The van der Waals surface area contributed by atoms with Crippen LogP contribution in [0.1, 0.15) is 194 Å². The van der Waals surface area contributed by atoms with Crippen LogP contribution in [0.5, 0.6) is 0 Å². The van der Waals surface area contributed by atoms with Crippen molar-refractivity contribution in [3.05, 3.63) is 12.2 Å². The van der Waals surface area contributed by atoms with Gasteiger partial charge in [0.1, 0.15) is 24.4 Å². The summed E-state index contributed by atoms with van der Waals surface area (Å²) in [5, 5.41) is 54.0. The molecule has 0 spiro atoms. The first-order valence-corrected chi connectivity index (χ1v) is 21.4. The van der Waals surface area contributed by atoms with Crippen molar-refractivity contribution in [2.75, 3.05) is 13.2 Å². The number of rotatable bonds is 35. The number of nitrogens with one attached hydrogen (secondary N) is 1. The first-order chi connectivity index (χ1) is 24.8. The van der Waals surface area contributed by atoms with Crippen molar-refractivity contribution in [2.45, 2.75) is 236 Å². The molecule has 0 unspecified atom stereocenters. The quantitative estimate of drug-likeness (QED) is 0.0283. The van der Waals surface area contributed by atoms with E-state index in [1.165, 1.54) is 135 Å². The lowest BCUT2D eigenvalue weighted by molar-refractivity contribution is -0.302. The zero-order valence-corrected chi connectivity index (χ0v) is 32.9. The molecule has 9 nitrogen and oxygen atoms in total. The summed E-state index contributed by atoms with van der Waals surface area (Å²) in [7, 11) is 0. The average molecular weight is 728 g/mol. The van der Waals surface area contributed by atoms with E-state index in [1.807, 2.05) is 6.08 Å². The second kappa shape index (κ2) is 33.5. The van der Waals surface area contributed by atoms with E-state index < -0.39 is 49.5 Å². The molecule has 0 aromatic heterocycles. The maximum atomic E-state index is 12.9. The molecule has 1 fully saturated rings. The van der Waals surface area contributed by atoms with Crippen LogP contribution in [0, 0.1) is 0 Å². The number of ether oxygens (including phenoxy) is 2. The van der Waals surface area contributed by atoms with Crippen molar-refractivity contribution >= 4 is 5.91 Å². The summed E-state index contributed by atoms with van der Waals surface area (Å²) in [5.74, 6) is -0.176. The van der Waals surface area contributed by atoms with Crippen molar-refractivity contribution in [2.24, 2.45) is 0 Å². The highest BCUT2D eigenvalue weighted by molar-refractivity contribution is 5.76. The van der Waals surface area contributed by atoms with Gasteiger partial charge in [-0.3, -0.25) is 4.79 Å². The van der Waals surface area contributed by atoms with E-state index in [1.54, 1.807) is 6.08 Å². The Balaban J connectivity index is 2.39. The maximum absolute atomic E-state index is 12.9. The molecule has 1 rings (SSSR count). The normalized spacial score (nSPS) is 22.1. The van der Waals surface area contributed by atoms with Gasteiger partial charge in [0.05, 0.1) is 25.4 Å². The van der Waals surface area contributed by atoms with Crippen LogP contribution in [0.4, 0.5) is 0 Å². The third-order valence-electron chi connectivity index (χ3n) is 10.4. The van der Waals surface area contributed by atoms with Crippen LogP contribution in [-0.2, 0) is 14.3 Å². The van der Waals surface area contributed by atoms with Gasteiger partial charge in [-0.1, -0.05) is 180 Å². The zero-order chi connectivity index (χ0) is 37.4. The second-order valence-corrected chi connectivity index (χ2v) is 15.1. The number of aliphatic hydroxyl groups is 5. The third-order valence-corrected chi connectivity index (χ3v) is 10.4. The van der Waals surface area contributed by atoms with Gasteiger partial charge in [-0.05, 0) is 19.3 Å². The number of amides is 1. The van der Waals surface area contributed by atoms with Gasteiger partial charge in [0.2, 0.25) is 5.91 Å². The van der Waals surface area contributed by atoms with Crippen LogP contribution in [0.3, 0.4) is 0 Å². The highest BCUT2D eigenvalue weighted by Gasteiger charge is 2.44. The van der Waals surface area contributed by atoms with Crippen molar-refractivity contribution < 1.29 is 39.8 Å². The van der Waals surface area contributed by atoms with E-state index in [2.05, 4.69) is 19.2 Å². The largest absolute Gasteiger partial charge is 0.394 e. The standard InChI is InChI=1S/C42H81NO8/c1-3-5-7-9-11-13-15-17-18-20-22-24-26-28-30-32-38(46)43-35(34-50-42-41(49)40(48)39(47)37(33-44)51-42)36(45)31-29-27-25-23-21-19-16-14-12-10-8-6-4-2/h29,31,35-37,39-42,44-45,47-49H,3-28,30,32-34H2,1-2H3,(H,43,46)/b31-29+/t35-,36-,37+,39-,40-,41+,42+/m0/s1. The molecular formula is C42H81NO8. The summed E-state index contributed by atoms with van der Waals surface area (Å²) in [6.07, 6.45) is 29.6. The molecular weight excluding hydrogens is 646 g/mol. The summed E-state index contributed by atoms with van der Waals surface area (Å²) in [6.45, 7) is 3.76. The number of carbonyl (C=O) groups excluding carboxylic acids is 1. The van der Waals surface area contributed by atoms with E-state index in [4.69, 9.17) is 9.47 Å². The first-order valence-electron chi connectivity index (χ1n) is 21.4. The zero-order valence-electron chi connectivity index (χ0n) is 32.9. The van der Waals surface area contributed by atoms with Crippen molar-refractivity contribution in [1.82, 2.24) is 5.32 Å². The smallest absolute Gasteiger partial charge is 0.220 e. The molecule has 302 valence electrons. The minimum Gasteiger partial charge on any atom is -0.394 e. The minimum absolute atomic E-state index is 0.176. The number of unbranched alkanes of at least 4 members (excludes halogenated alkanes) is 25. The number of carbonyl (C=O) groups is 1. The van der Waals surface area contributed by atoms with Crippen LogP contribution < -0.4 is 5.32 Å². The van der Waals surface area contributed by atoms with E-state index >= 15 is 0 Å². The minimum atomic E-state index is -1.56. The molecule has 1 saturated heterocycles. The van der Waals surface area contributed by atoms with Crippen LogP contribution in [0.25, 0.3) is 0 Å². The number of hydrogen-bond acceptors (Lipinski definition) is 8. The summed E-state index contributed by atoms with van der Waals surface area (Å²) < 4.78 is 11.2. The van der Waals surface area contributed by atoms with Gasteiger partial charge in [-0.25, -0.2) is 0 Å². The lowest BCUT2D eigenvalue weighted by Gasteiger charge is -2.40. The van der Waals surface area contributed by atoms with Gasteiger partial charge < -0.3 is 40.3 Å². The fourth-order valence-electron chi connectivity index (χ4n) is 6.86. The van der Waals surface area contributed by atoms with E-state index in [0.29, 0.717) is 6.42 Å². The fraction of sp³-hybridized carbons (Fsp3) is 0.929. The van der Waals surface area contributed by atoms with Gasteiger partial charge in [-0.2, -0.15) is 0 Å². The Kier molecular flexibility index (Phi) is 31.5. The monoisotopic (exact) mass is 728 g/mol. The maximum Gasteiger partial charge on any atom is 0.220 e. The van der Waals surface area contributed by atoms with Gasteiger partial charge in [0, 0.05) is 6.42 Å². The van der Waals surface area contributed by atoms with Crippen LogP contribution in [-0.4, -0.2) is 87.5 Å². The molecule has 0 radical (unpaired) electrons. The SMILES string of the molecule is CCCCCCCCCCCCC/C=C/[C@H](O)[C@H](CO[C@@H]1O[C@H](CO)[C@H](O)[C@H](O)[C@H]1O)NC(=O)CCCCCCCCCCCCCCCCC. The van der Waals surface area contributed by atoms with Crippen LogP contribution >= 0.6 is 0 Å². The molecule has 0 bridgehead atoms. The lowest BCUT2D eigenvalue weighted by Crippen LogP contribution is -2.60. The second-order valence-electron chi connectivity index (χ2n) is 15.1. The molecule has 0 aliphatic carbocycles. The Bertz CT molecular complexity index is 812. The molecule has 9 heteroatoms. The van der Waals surface area contributed by atoms with Crippen molar-refractivity contribution in [3.63, 3.8) is 0 Å². The number of aliphatic hydroxyl groups excluding tert-OH is 5. The highest BCUT2D eigenvalue weighted by Crippen LogP contribution is 2.22. The Morgan fingerprint density at radius 3 is 1.53 bits per heavy atom. The topological polar surface area (TPSA) is 149 Å². The Morgan fingerprint density at radius 2 is 1.08 bits per heavy atom. The van der Waals surface area contributed by atoms with Crippen LogP contribution in [0.2, 0.25) is 0 Å². The molecule has 6 N–H and O–H groups in total. The summed E-state index contributed by atoms with van der Waals surface area (Å²) >= 11 is 0. The van der Waals surface area contributed by atoms with Gasteiger partial charge in [0.25, 0.3) is 0 Å². The molecule has 1 amide bonds. The summed E-state index contributed by atoms with van der Waals surface area (Å²) in [5.41, 5.74) is 0. The molecule has 51 heavy (non-hydrogen) atoms. The molecule has 1 heterocycles. The van der Waals surface area contributed by atoms with E-state index in [0.717, 1.165) is 38.5 Å². The number of allylic oxidation sites excluding steroid dienone is 1. The lowest BCUT2D eigenvalue weighted by atomic mass is 9.99. The molecule has 7 atom stereocenters. The van der Waals surface area contributed by atoms with Gasteiger partial charge in [-0.15, -0.1) is 0 Å². The Labute approximate surface area is 312 Å². The predicted molar refractivity (Wildman–Crippen MR) is 207 cm³/mol. The fourth-order valence-corrected chi connectivity index (χ4v) is 6.86. The predicted octanol–water partition coefficient (Wildman–Crippen LogP) is 8.17. The molecule has 0 aromatic rings. The van der Waals surface area contributed by atoms with Crippen molar-refractivity contribution in [1.29, 1.82) is 0 Å².